The van der Waals surface area contributed by atoms with E-state index in [1.165, 1.54) is 295 Å². The molecule has 0 radical (unpaired) electrons. The number of hydrogen-bond donors (Lipinski definition) is 3. The van der Waals surface area contributed by atoms with E-state index in [1.54, 1.807) is 0 Å². The molecule has 1 amide bonds. The van der Waals surface area contributed by atoms with Crippen molar-refractivity contribution in [3.8, 4) is 0 Å². The van der Waals surface area contributed by atoms with E-state index in [0.717, 1.165) is 38.5 Å². The number of rotatable bonds is 61. The lowest BCUT2D eigenvalue weighted by atomic mass is 10.0. The van der Waals surface area contributed by atoms with E-state index < -0.39 is 12.1 Å². The Morgan fingerprint density at radius 1 is 0.380 bits per heavy atom. The lowest BCUT2D eigenvalue weighted by Gasteiger charge is -2.22. The molecule has 6 heteroatoms. The Kier molecular flexibility index (Phi) is 59.9. The zero-order valence-electron chi connectivity index (χ0n) is 48.2. The van der Waals surface area contributed by atoms with Crippen LogP contribution in [0.15, 0.2) is 12.2 Å². The molecule has 0 spiro atoms. The van der Waals surface area contributed by atoms with E-state index in [1.807, 2.05) is 0 Å². The van der Waals surface area contributed by atoms with Gasteiger partial charge in [-0.25, -0.2) is 0 Å². The summed E-state index contributed by atoms with van der Waals surface area (Å²) in [4.78, 5) is 24.6. The Morgan fingerprint density at radius 3 is 1.00 bits per heavy atom. The Balaban J connectivity index is 3.40. The van der Waals surface area contributed by atoms with Gasteiger partial charge in [-0.1, -0.05) is 315 Å². The lowest BCUT2D eigenvalue weighted by molar-refractivity contribution is -0.143. The standard InChI is InChI=1S/C65H127NO5/c1-3-5-7-9-11-13-15-17-19-26-30-33-37-41-45-49-53-57-63(68)62(61-67)66-64(69)58-54-50-46-42-38-34-31-27-24-22-20-21-23-25-28-32-36-40-44-48-52-56-60-71-65(70)59-55-51-47-43-39-35-29-18-16-14-12-10-8-6-4-2/h22,24,62-63,67-68H,3-21,23,25-61H2,1-2H3,(H,66,69)/b24-22-. The van der Waals surface area contributed by atoms with Crippen molar-refractivity contribution in [2.45, 2.75) is 379 Å². The minimum absolute atomic E-state index is 0.0137. The van der Waals surface area contributed by atoms with Gasteiger partial charge in [0.05, 0.1) is 25.4 Å². The molecule has 2 atom stereocenters. The molecule has 71 heavy (non-hydrogen) atoms. The number of allylic oxidation sites excluding steroid dienone is 2. The number of aliphatic hydroxyl groups is 2. The van der Waals surface area contributed by atoms with Gasteiger partial charge in [-0.3, -0.25) is 9.59 Å². The van der Waals surface area contributed by atoms with Crippen molar-refractivity contribution >= 4 is 11.9 Å². The number of nitrogens with one attached hydrogen (secondary N) is 1. The lowest BCUT2D eigenvalue weighted by Crippen LogP contribution is -2.45. The number of unbranched alkanes of at least 4 members (excludes halogenated alkanes) is 48. The van der Waals surface area contributed by atoms with E-state index in [9.17, 15) is 19.8 Å². The van der Waals surface area contributed by atoms with Crippen LogP contribution >= 0.6 is 0 Å². The van der Waals surface area contributed by atoms with E-state index in [0.29, 0.717) is 25.9 Å². The van der Waals surface area contributed by atoms with Crippen LogP contribution in [0.1, 0.15) is 367 Å². The number of aliphatic hydroxyl groups excluding tert-OH is 2. The van der Waals surface area contributed by atoms with Gasteiger partial charge in [0.15, 0.2) is 0 Å². The fourth-order valence-electron chi connectivity index (χ4n) is 10.3. The molecule has 0 rings (SSSR count). The van der Waals surface area contributed by atoms with Crippen molar-refractivity contribution in [3.05, 3.63) is 12.2 Å². The first kappa shape index (κ1) is 69.6. The minimum Gasteiger partial charge on any atom is -0.466 e. The van der Waals surface area contributed by atoms with E-state index in [4.69, 9.17) is 4.74 Å². The first-order valence-electron chi connectivity index (χ1n) is 32.4. The van der Waals surface area contributed by atoms with Gasteiger partial charge in [-0.2, -0.15) is 0 Å². The van der Waals surface area contributed by atoms with Gasteiger partial charge in [-0.15, -0.1) is 0 Å². The summed E-state index contributed by atoms with van der Waals surface area (Å²) in [5.74, 6) is -0.0249. The third kappa shape index (κ3) is 57.7. The van der Waals surface area contributed by atoms with Crippen molar-refractivity contribution in [1.82, 2.24) is 5.32 Å². The minimum atomic E-state index is -0.668. The molecular formula is C65H127NO5. The molecule has 0 aliphatic rings. The molecule has 0 saturated carbocycles. The third-order valence-corrected chi connectivity index (χ3v) is 15.3. The molecule has 0 aromatic carbocycles. The molecule has 422 valence electrons. The number of ether oxygens (including phenoxy) is 1. The van der Waals surface area contributed by atoms with Crippen LogP contribution in [0, 0.1) is 0 Å². The van der Waals surface area contributed by atoms with Gasteiger partial charge >= 0.3 is 5.97 Å². The van der Waals surface area contributed by atoms with Crippen molar-refractivity contribution in [2.24, 2.45) is 0 Å². The van der Waals surface area contributed by atoms with Gasteiger partial charge in [0.1, 0.15) is 0 Å². The predicted octanol–water partition coefficient (Wildman–Crippen LogP) is 20.4. The quantitative estimate of drug-likeness (QED) is 0.0320. The van der Waals surface area contributed by atoms with Crippen LogP contribution in [0.25, 0.3) is 0 Å². The molecular weight excluding hydrogens is 875 g/mol. The summed E-state index contributed by atoms with van der Waals surface area (Å²) in [5, 5.41) is 23.3. The summed E-state index contributed by atoms with van der Waals surface area (Å²) in [5.41, 5.74) is 0. The van der Waals surface area contributed by atoms with Gasteiger partial charge in [0.25, 0.3) is 0 Å². The molecule has 0 aromatic rings. The third-order valence-electron chi connectivity index (χ3n) is 15.3. The van der Waals surface area contributed by atoms with Crippen LogP contribution in [-0.2, 0) is 14.3 Å². The second kappa shape index (κ2) is 61.1. The molecule has 2 unspecified atom stereocenters. The highest BCUT2D eigenvalue weighted by Crippen LogP contribution is 2.18. The maximum absolute atomic E-state index is 12.5. The van der Waals surface area contributed by atoms with Crippen LogP contribution in [0.4, 0.5) is 0 Å². The molecule has 0 aliphatic heterocycles. The normalized spacial score (nSPS) is 12.6. The molecule has 0 bridgehead atoms. The predicted molar refractivity (Wildman–Crippen MR) is 310 cm³/mol. The number of carbonyl (C=O) groups excluding carboxylic acids is 2. The SMILES string of the molecule is CCCCCCCCCCCCCCCCCCCC(O)C(CO)NC(=O)CCCCCCCCC/C=C\CCCCCCCCCCCCCOC(=O)CCCCCCCCCCCCCCCCC. The van der Waals surface area contributed by atoms with Gasteiger partial charge in [0, 0.05) is 12.8 Å². The van der Waals surface area contributed by atoms with Crippen LogP contribution in [0.3, 0.4) is 0 Å². The number of hydrogen-bond acceptors (Lipinski definition) is 5. The maximum Gasteiger partial charge on any atom is 0.305 e. The highest BCUT2D eigenvalue weighted by molar-refractivity contribution is 5.76. The van der Waals surface area contributed by atoms with Crippen LogP contribution < -0.4 is 5.32 Å². The highest BCUT2D eigenvalue weighted by atomic mass is 16.5. The fraction of sp³-hybridized carbons (Fsp3) is 0.938. The van der Waals surface area contributed by atoms with Crippen LogP contribution in [0.2, 0.25) is 0 Å². The Hall–Kier alpha value is -1.40. The summed E-state index contributed by atoms with van der Waals surface area (Å²) in [6, 6.07) is -0.546. The average molecular weight is 1000 g/mol. The highest BCUT2D eigenvalue weighted by Gasteiger charge is 2.20. The summed E-state index contributed by atoms with van der Waals surface area (Å²) < 4.78 is 5.49. The summed E-state index contributed by atoms with van der Waals surface area (Å²) >= 11 is 0. The second-order valence-corrected chi connectivity index (χ2v) is 22.5. The number of amides is 1. The summed E-state index contributed by atoms with van der Waals surface area (Å²) in [6.45, 7) is 4.98. The van der Waals surface area contributed by atoms with E-state index in [-0.39, 0.29) is 18.5 Å². The van der Waals surface area contributed by atoms with Crippen LogP contribution in [0.5, 0.6) is 0 Å². The number of esters is 1. The van der Waals surface area contributed by atoms with Crippen molar-refractivity contribution in [2.75, 3.05) is 13.2 Å². The monoisotopic (exact) mass is 1000 g/mol. The average Bonchev–Trinajstić information content (AvgIpc) is 3.37. The Labute approximate surface area is 444 Å². The van der Waals surface area contributed by atoms with E-state index in [2.05, 4.69) is 31.3 Å². The molecule has 0 aliphatic carbocycles. The molecule has 3 N–H and O–H groups in total. The van der Waals surface area contributed by atoms with E-state index >= 15 is 0 Å². The van der Waals surface area contributed by atoms with Crippen LogP contribution in [-0.4, -0.2) is 47.4 Å². The zero-order valence-corrected chi connectivity index (χ0v) is 48.2. The summed E-state index contributed by atoms with van der Waals surface area (Å²) in [7, 11) is 0. The zero-order chi connectivity index (χ0) is 51.4. The molecule has 0 fully saturated rings. The van der Waals surface area contributed by atoms with Gasteiger partial charge in [0.2, 0.25) is 5.91 Å². The topological polar surface area (TPSA) is 95.9 Å². The Morgan fingerprint density at radius 2 is 0.662 bits per heavy atom. The molecule has 0 aromatic heterocycles. The maximum atomic E-state index is 12.5. The molecule has 0 heterocycles. The number of carbonyl (C=O) groups is 2. The molecule has 0 saturated heterocycles. The fourth-order valence-corrected chi connectivity index (χ4v) is 10.3. The smallest absolute Gasteiger partial charge is 0.305 e. The Bertz CT molecular complexity index is 1060. The van der Waals surface area contributed by atoms with Crippen molar-refractivity contribution in [1.29, 1.82) is 0 Å². The first-order chi connectivity index (χ1) is 35.0. The van der Waals surface area contributed by atoms with Gasteiger partial charge in [-0.05, 0) is 51.4 Å². The molecule has 6 nitrogen and oxygen atoms in total. The summed E-state index contributed by atoms with van der Waals surface area (Å²) in [6.07, 6.45) is 73.7. The second-order valence-electron chi connectivity index (χ2n) is 22.5. The van der Waals surface area contributed by atoms with Crippen molar-refractivity contribution in [3.63, 3.8) is 0 Å². The van der Waals surface area contributed by atoms with Gasteiger partial charge < -0.3 is 20.3 Å². The van der Waals surface area contributed by atoms with Crippen molar-refractivity contribution < 1.29 is 24.5 Å². The first-order valence-corrected chi connectivity index (χ1v) is 32.4. The largest absolute Gasteiger partial charge is 0.466 e.